The van der Waals surface area contributed by atoms with E-state index in [4.69, 9.17) is 0 Å². The summed E-state index contributed by atoms with van der Waals surface area (Å²) < 4.78 is 51.2. The molecule has 0 fully saturated rings. The maximum atomic E-state index is 13.6. The molecule has 1 amide bonds. The van der Waals surface area contributed by atoms with Crippen molar-refractivity contribution in [3.63, 3.8) is 0 Å². The zero-order chi connectivity index (χ0) is 15.5. The summed E-state index contributed by atoms with van der Waals surface area (Å²) in [5.74, 6) is -1.89. The molecule has 20 heavy (non-hydrogen) atoms. The van der Waals surface area contributed by atoms with E-state index in [-0.39, 0.29) is 18.0 Å². The van der Waals surface area contributed by atoms with E-state index in [1.54, 1.807) is 20.8 Å². The Morgan fingerprint density at radius 1 is 1.30 bits per heavy atom. The number of halogens is 4. The summed E-state index contributed by atoms with van der Waals surface area (Å²) in [4.78, 5) is 12.8. The molecule has 0 N–H and O–H groups in total. The molecule has 0 saturated heterocycles. The van der Waals surface area contributed by atoms with Gasteiger partial charge in [0.25, 0.3) is 5.91 Å². The lowest BCUT2D eigenvalue weighted by Crippen LogP contribution is -2.41. The average Bonchev–Trinajstić information content (AvgIpc) is 2.28. The fourth-order valence-corrected chi connectivity index (χ4v) is 1.85. The number of aryl methyl sites for hydroxylation is 1. The maximum Gasteiger partial charge on any atom is 0.406 e. The molecule has 0 bridgehead atoms. The van der Waals surface area contributed by atoms with Crippen molar-refractivity contribution in [1.29, 1.82) is 0 Å². The first kappa shape index (κ1) is 16.5. The summed E-state index contributed by atoms with van der Waals surface area (Å²) in [5, 5.41) is 0. The predicted octanol–water partition coefficient (Wildman–Crippen LogP) is 3.79. The van der Waals surface area contributed by atoms with E-state index < -0.39 is 24.4 Å². The third kappa shape index (κ3) is 4.83. The number of carbonyl (C=O) groups excluding carboxylic acids is 1. The van der Waals surface area contributed by atoms with E-state index in [9.17, 15) is 22.4 Å². The Balaban J connectivity index is 3.06. The van der Waals surface area contributed by atoms with Gasteiger partial charge < -0.3 is 4.90 Å². The molecular formula is C14H17F4NO. The van der Waals surface area contributed by atoms with Gasteiger partial charge in [0.1, 0.15) is 12.4 Å². The summed E-state index contributed by atoms with van der Waals surface area (Å²) in [6.07, 6.45) is -4.51. The summed E-state index contributed by atoms with van der Waals surface area (Å²) in [7, 11) is 0. The molecule has 112 valence electrons. The molecule has 6 heteroatoms. The van der Waals surface area contributed by atoms with E-state index in [1.165, 1.54) is 12.1 Å². The van der Waals surface area contributed by atoms with Gasteiger partial charge in [0.05, 0.1) is 5.56 Å². The number of benzene rings is 1. The standard InChI is InChI=1S/C14H17F4NO/c1-9(2)7-19(8-14(16,17)18)13(20)11-6-10(3)4-5-12(11)15/h4-6,9H,7-8H2,1-3H3. The first-order valence-corrected chi connectivity index (χ1v) is 6.22. The molecule has 0 atom stereocenters. The zero-order valence-corrected chi connectivity index (χ0v) is 11.6. The van der Waals surface area contributed by atoms with Crippen LogP contribution >= 0.6 is 0 Å². The van der Waals surface area contributed by atoms with E-state index in [2.05, 4.69) is 0 Å². The highest BCUT2D eigenvalue weighted by molar-refractivity contribution is 5.94. The van der Waals surface area contributed by atoms with Crippen LogP contribution in [-0.4, -0.2) is 30.1 Å². The molecule has 0 aliphatic carbocycles. The number of hydrogen-bond donors (Lipinski definition) is 0. The van der Waals surface area contributed by atoms with Crippen LogP contribution in [0.4, 0.5) is 17.6 Å². The number of nitrogens with zero attached hydrogens (tertiary/aromatic N) is 1. The molecule has 0 saturated carbocycles. The lowest BCUT2D eigenvalue weighted by molar-refractivity contribution is -0.141. The highest BCUT2D eigenvalue weighted by Gasteiger charge is 2.34. The highest BCUT2D eigenvalue weighted by Crippen LogP contribution is 2.20. The van der Waals surface area contributed by atoms with Gasteiger partial charge in [0.2, 0.25) is 0 Å². The van der Waals surface area contributed by atoms with Crippen LogP contribution in [0.25, 0.3) is 0 Å². The van der Waals surface area contributed by atoms with E-state index in [0.717, 1.165) is 6.07 Å². The van der Waals surface area contributed by atoms with Crippen molar-refractivity contribution < 1.29 is 22.4 Å². The summed E-state index contributed by atoms with van der Waals surface area (Å²) in [6.45, 7) is 3.59. The third-order valence-electron chi connectivity index (χ3n) is 2.60. The minimum absolute atomic E-state index is 0.0777. The lowest BCUT2D eigenvalue weighted by Gasteiger charge is -2.26. The van der Waals surface area contributed by atoms with Crippen LogP contribution in [0.15, 0.2) is 18.2 Å². The monoisotopic (exact) mass is 291 g/mol. The minimum Gasteiger partial charge on any atom is -0.329 e. The maximum absolute atomic E-state index is 13.6. The molecule has 0 heterocycles. The van der Waals surface area contributed by atoms with E-state index >= 15 is 0 Å². The van der Waals surface area contributed by atoms with Crippen molar-refractivity contribution in [2.75, 3.05) is 13.1 Å². The minimum atomic E-state index is -4.51. The van der Waals surface area contributed by atoms with E-state index in [1.807, 2.05) is 0 Å². The normalized spacial score (nSPS) is 11.8. The molecular weight excluding hydrogens is 274 g/mol. The molecule has 0 aromatic heterocycles. The van der Waals surface area contributed by atoms with Crippen molar-refractivity contribution in [3.8, 4) is 0 Å². The van der Waals surface area contributed by atoms with Gasteiger partial charge in [-0.3, -0.25) is 4.79 Å². The molecule has 1 aromatic carbocycles. The van der Waals surface area contributed by atoms with Crippen molar-refractivity contribution in [1.82, 2.24) is 4.90 Å². The van der Waals surface area contributed by atoms with Crippen LogP contribution in [0.2, 0.25) is 0 Å². The first-order valence-electron chi connectivity index (χ1n) is 6.22. The van der Waals surface area contributed by atoms with Crippen molar-refractivity contribution in [3.05, 3.63) is 35.1 Å². The van der Waals surface area contributed by atoms with Crippen LogP contribution in [0.1, 0.15) is 29.8 Å². The Kier molecular flexibility index (Phi) is 5.14. The van der Waals surface area contributed by atoms with Gasteiger partial charge in [-0.25, -0.2) is 4.39 Å². The largest absolute Gasteiger partial charge is 0.406 e. The quantitative estimate of drug-likeness (QED) is 0.773. The van der Waals surface area contributed by atoms with Crippen molar-refractivity contribution >= 4 is 5.91 Å². The van der Waals surface area contributed by atoms with Crippen LogP contribution < -0.4 is 0 Å². The van der Waals surface area contributed by atoms with Gasteiger partial charge in [-0.15, -0.1) is 0 Å². The third-order valence-corrected chi connectivity index (χ3v) is 2.60. The summed E-state index contributed by atoms with van der Waals surface area (Å²) in [6, 6.07) is 3.81. The van der Waals surface area contributed by atoms with Gasteiger partial charge in [-0.05, 0) is 25.0 Å². The fraction of sp³-hybridized carbons (Fsp3) is 0.500. The van der Waals surface area contributed by atoms with Crippen molar-refractivity contribution in [2.24, 2.45) is 5.92 Å². The second-order valence-electron chi connectivity index (χ2n) is 5.18. The van der Waals surface area contributed by atoms with E-state index in [0.29, 0.717) is 10.5 Å². The number of rotatable bonds is 4. The topological polar surface area (TPSA) is 20.3 Å². The van der Waals surface area contributed by atoms with Gasteiger partial charge in [-0.1, -0.05) is 25.5 Å². The highest BCUT2D eigenvalue weighted by atomic mass is 19.4. The Labute approximate surface area is 115 Å². The number of alkyl halides is 3. The van der Waals surface area contributed by atoms with Gasteiger partial charge >= 0.3 is 6.18 Å². The Morgan fingerprint density at radius 2 is 1.90 bits per heavy atom. The summed E-state index contributed by atoms with van der Waals surface area (Å²) >= 11 is 0. The fourth-order valence-electron chi connectivity index (χ4n) is 1.85. The van der Waals surface area contributed by atoms with Crippen LogP contribution in [0, 0.1) is 18.7 Å². The van der Waals surface area contributed by atoms with Gasteiger partial charge in [0, 0.05) is 6.54 Å². The SMILES string of the molecule is Cc1ccc(F)c(C(=O)N(CC(C)C)CC(F)(F)F)c1. The van der Waals surface area contributed by atoms with Gasteiger partial charge in [0.15, 0.2) is 0 Å². The number of hydrogen-bond acceptors (Lipinski definition) is 1. The molecule has 0 radical (unpaired) electrons. The molecule has 0 unspecified atom stereocenters. The predicted molar refractivity (Wildman–Crippen MR) is 67.9 cm³/mol. The van der Waals surface area contributed by atoms with Crippen LogP contribution in [0.5, 0.6) is 0 Å². The zero-order valence-electron chi connectivity index (χ0n) is 11.6. The Bertz CT molecular complexity index is 483. The van der Waals surface area contributed by atoms with Crippen molar-refractivity contribution in [2.45, 2.75) is 26.9 Å². The van der Waals surface area contributed by atoms with Crippen LogP contribution in [-0.2, 0) is 0 Å². The summed E-state index contributed by atoms with van der Waals surface area (Å²) in [5.41, 5.74) is 0.293. The molecule has 0 aliphatic heterocycles. The molecule has 1 rings (SSSR count). The van der Waals surface area contributed by atoms with Gasteiger partial charge in [-0.2, -0.15) is 13.2 Å². The smallest absolute Gasteiger partial charge is 0.329 e. The first-order chi connectivity index (χ1) is 9.10. The Hall–Kier alpha value is -1.59. The lowest BCUT2D eigenvalue weighted by atomic mass is 10.1. The molecule has 1 aromatic rings. The van der Waals surface area contributed by atoms with Crippen LogP contribution in [0.3, 0.4) is 0 Å². The second-order valence-corrected chi connectivity index (χ2v) is 5.18. The Morgan fingerprint density at radius 3 is 2.40 bits per heavy atom. The molecule has 0 aliphatic rings. The molecule has 0 spiro atoms. The number of carbonyl (C=O) groups is 1. The number of amides is 1. The molecule has 2 nitrogen and oxygen atoms in total. The average molecular weight is 291 g/mol. The second kappa shape index (κ2) is 6.24.